The first-order valence-corrected chi connectivity index (χ1v) is 7.64. The van der Waals surface area contributed by atoms with Gasteiger partial charge in [0.15, 0.2) is 5.82 Å². The summed E-state index contributed by atoms with van der Waals surface area (Å²) in [4.78, 5) is 24.1. The minimum Gasteiger partial charge on any atom is -0.480 e. The van der Waals surface area contributed by atoms with Crippen LogP contribution in [-0.2, 0) is 4.79 Å². The molecular formula is C15H19ClN4O2. The second kappa shape index (κ2) is 6.87. The van der Waals surface area contributed by atoms with E-state index in [4.69, 9.17) is 11.6 Å². The van der Waals surface area contributed by atoms with Gasteiger partial charge in [-0.25, -0.2) is 9.78 Å². The van der Waals surface area contributed by atoms with E-state index < -0.39 is 11.5 Å². The zero-order chi connectivity index (χ0) is 16.2. The molecule has 0 spiro atoms. The van der Waals surface area contributed by atoms with Crippen molar-refractivity contribution >= 4 is 34.4 Å². The van der Waals surface area contributed by atoms with Crippen molar-refractivity contribution in [3.05, 3.63) is 23.6 Å². The Bertz CT molecular complexity index is 680. The maximum Gasteiger partial charge on any atom is 0.329 e. The first-order valence-electron chi connectivity index (χ1n) is 7.26. The smallest absolute Gasteiger partial charge is 0.329 e. The highest BCUT2D eigenvalue weighted by atomic mass is 35.5. The highest BCUT2D eigenvalue weighted by molar-refractivity contribution is 6.28. The molecule has 1 atom stereocenters. The van der Waals surface area contributed by atoms with Crippen molar-refractivity contribution < 1.29 is 9.90 Å². The molecule has 0 aliphatic heterocycles. The summed E-state index contributed by atoms with van der Waals surface area (Å²) in [6, 6.07) is 3.50. The summed E-state index contributed by atoms with van der Waals surface area (Å²) in [5.41, 5.74) is -0.0433. The predicted octanol–water partition coefficient (Wildman–Crippen LogP) is 3.51. The minimum absolute atomic E-state index is 0.0595. The summed E-state index contributed by atoms with van der Waals surface area (Å²) in [6.07, 6.45) is 4.93. The lowest BCUT2D eigenvalue weighted by molar-refractivity contribution is -0.142. The van der Waals surface area contributed by atoms with Gasteiger partial charge in [-0.05, 0) is 37.1 Å². The fourth-order valence-electron chi connectivity index (χ4n) is 2.24. The second-order valence-electron chi connectivity index (χ2n) is 5.43. The van der Waals surface area contributed by atoms with Crippen molar-refractivity contribution in [3.63, 3.8) is 0 Å². The standard InChI is InChI=1S/C15H19ClN4O2/c1-3-4-5-8-15(2,13(21)22)20-12-11-10(7-6-9-17-11)18-14(16)19-12/h6-7,9H,3-5,8H2,1-2H3,(H,21,22)(H,18,19,20). The van der Waals surface area contributed by atoms with Gasteiger partial charge in [0.25, 0.3) is 0 Å². The van der Waals surface area contributed by atoms with Gasteiger partial charge >= 0.3 is 5.97 Å². The Kier molecular flexibility index (Phi) is 5.13. The highest BCUT2D eigenvalue weighted by Crippen LogP contribution is 2.26. The van der Waals surface area contributed by atoms with Gasteiger partial charge in [0.1, 0.15) is 11.1 Å². The predicted molar refractivity (Wildman–Crippen MR) is 86.1 cm³/mol. The van der Waals surface area contributed by atoms with Crippen LogP contribution in [0.1, 0.15) is 39.5 Å². The number of fused-ring (bicyclic) bond motifs is 1. The van der Waals surface area contributed by atoms with Gasteiger partial charge in [-0.2, -0.15) is 4.98 Å². The summed E-state index contributed by atoms with van der Waals surface area (Å²) in [5, 5.41) is 12.6. The lowest BCUT2D eigenvalue weighted by atomic mass is 9.94. The van der Waals surface area contributed by atoms with Crippen LogP contribution in [-0.4, -0.2) is 31.6 Å². The van der Waals surface area contributed by atoms with Crippen molar-refractivity contribution in [1.82, 2.24) is 15.0 Å². The molecule has 2 rings (SSSR count). The Labute approximate surface area is 134 Å². The fraction of sp³-hybridized carbons (Fsp3) is 0.467. The van der Waals surface area contributed by atoms with Gasteiger partial charge in [-0.15, -0.1) is 0 Å². The average Bonchev–Trinajstić information content (AvgIpc) is 2.47. The third-order valence-electron chi connectivity index (χ3n) is 3.57. The average molecular weight is 323 g/mol. The number of hydrogen-bond acceptors (Lipinski definition) is 5. The summed E-state index contributed by atoms with van der Waals surface area (Å²) in [6.45, 7) is 3.73. The van der Waals surface area contributed by atoms with E-state index in [1.165, 1.54) is 0 Å². The van der Waals surface area contributed by atoms with Crippen LogP contribution < -0.4 is 5.32 Å². The molecule has 1 unspecified atom stereocenters. The van der Waals surface area contributed by atoms with E-state index in [2.05, 4.69) is 27.2 Å². The molecule has 118 valence electrons. The van der Waals surface area contributed by atoms with Crippen LogP contribution in [0.3, 0.4) is 0 Å². The molecule has 0 aliphatic carbocycles. The molecule has 6 nitrogen and oxygen atoms in total. The van der Waals surface area contributed by atoms with E-state index in [1.807, 2.05) is 0 Å². The highest BCUT2D eigenvalue weighted by Gasteiger charge is 2.33. The Balaban J connectivity index is 2.36. The van der Waals surface area contributed by atoms with Crippen LogP contribution in [0.25, 0.3) is 11.0 Å². The molecule has 22 heavy (non-hydrogen) atoms. The number of unbranched alkanes of at least 4 members (excludes halogenated alkanes) is 2. The first-order chi connectivity index (χ1) is 10.5. The van der Waals surface area contributed by atoms with Crippen LogP contribution >= 0.6 is 11.6 Å². The summed E-state index contributed by atoms with van der Waals surface area (Å²) < 4.78 is 0. The van der Waals surface area contributed by atoms with Crippen molar-refractivity contribution in [2.75, 3.05) is 5.32 Å². The first kappa shape index (κ1) is 16.4. The molecule has 2 heterocycles. The minimum atomic E-state index is -1.13. The van der Waals surface area contributed by atoms with Gasteiger partial charge in [-0.3, -0.25) is 4.98 Å². The Morgan fingerprint density at radius 2 is 2.18 bits per heavy atom. The monoisotopic (exact) mass is 322 g/mol. The van der Waals surface area contributed by atoms with E-state index in [1.54, 1.807) is 25.3 Å². The van der Waals surface area contributed by atoms with E-state index in [9.17, 15) is 9.90 Å². The molecule has 0 saturated heterocycles. The van der Waals surface area contributed by atoms with Gasteiger partial charge in [0.05, 0.1) is 5.52 Å². The molecule has 0 bridgehead atoms. The van der Waals surface area contributed by atoms with Crippen molar-refractivity contribution in [3.8, 4) is 0 Å². The summed E-state index contributed by atoms with van der Waals surface area (Å²) >= 11 is 5.92. The lowest BCUT2D eigenvalue weighted by Gasteiger charge is -2.27. The fourth-order valence-corrected chi connectivity index (χ4v) is 2.41. The van der Waals surface area contributed by atoms with Gasteiger partial charge < -0.3 is 10.4 Å². The molecular weight excluding hydrogens is 304 g/mol. The number of carboxylic acid groups (broad SMARTS) is 1. The number of nitrogens with zero attached hydrogens (tertiary/aromatic N) is 3. The molecule has 0 amide bonds. The Morgan fingerprint density at radius 1 is 1.41 bits per heavy atom. The van der Waals surface area contributed by atoms with Crippen LogP contribution in [0, 0.1) is 0 Å². The molecule has 0 aliphatic rings. The number of pyridine rings is 1. The second-order valence-corrected chi connectivity index (χ2v) is 5.77. The third-order valence-corrected chi connectivity index (χ3v) is 3.74. The van der Waals surface area contributed by atoms with Gasteiger partial charge in [-0.1, -0.05) is 26.2 Å². The number of anilines is 1. The number of nitrogens with one attached hydrogen (secondary N) is 1. The number of hydrogen-bond donors (Lipinski definition) is 2. The third kappa shape index (κ3) is 3.62. The number of aromatic nitrogens is 3. The molecule has 0 saturated carbocycles. The molecule has 7 heteroatoms. The van der Waals surface area contributed by atoms with Crippen molar-refractivity contribution in [2.24, 2.45) is 0 Å². The van der Waals surface area contributed by atoms with Crippen LogP contribution in [0.5, 0.6) is 0 Å². The lowest BCUT2D eigenvalue weighted by Crippen LogP contribution is -2.43. The number of carbonyl (C=O) groups is 1. The van der Waals surface area contributed by atoms with E-state index >= 15 is 0 Å². The molecule has 0 fully saturated rings. The quantitative estimate of drug-likeness (QED) is 0.599. The van der Waals surface area contributed by atoms with Crippen molar-refractivity contribution in [2.45, 2.75) is 45.1 Å². The number of carboxylic acids is 1. The topological polar surface area (TPSA) is 88.0 Å². The van der Waals surface area contributed by atoms with E-state index in [0.29, 0.717) is 23.3 Å². The number of rotatable bonds is 7. The molecule has 0 radical (unpaired) electrons. The van der Waals surface area contributed by atoms with Crippen molar-refractivity contribution in [1.29, 1.82) is 0 Å². The van der Waals surface area contributed by atoms with E-state index in [0.717, 1.165) is 19.3 Å². The Hall–Kier alpha value is -1.95. The van der Waals surface area contributed by atoms with Crippen LogP contribution in [0.4, 0.5) is 5.82 Å². The molecule has 2 aromatic heterocycles. The van der Waals surface area contributed by atoms with Gasteiger partial charge in [0.2, 0.25) is 5.28 Å². The molecule has 2 N–H and O–H groups in total. The van der Waals surface area contributed by atoms with Crippen LogP contribution in [0.15, 0.2) is 18.3 Å². The zero-order valence-electron chi connectivity index (χ0n) is 12.6. The Morgan fingerprint density at radius 3 is 2.86 bits per heavy atom. The molecule has 2 aromatic rings. The number of halogens is 1. The van der Waals surface area contributed by atoms with Gasteiger partial charge in [0, 0.05) is 6.20 Å². The summed E-state index contributed by atoms with van der Waals surface area (Å²) in [5.74, 6) is -0.584. The zero-order valence-corrected chi connectivity index (χ0v) is 13.4. The summed E-state index contributed by atoms with van der Waals surface area (Å²) in [7, 11) is 0. The number of aliphatic carboxylic acids is 1. The normalized spacial score (nSPS) is 13.8. The van der Waals surface area contributed by atoms with Crippen LogP contribution in [0.2, 0.25) is 5.28 Å². The maximum atomic E-state index is 11.7. The SMILES string of the molecule is CCCCCC(C)(Nc1nc(Cl)nc2cccnc12)C(=O)O. The van der Waals surface area contributed by atoms with E-state index in [-0.39, 0.29) is 5.28 Å². The maximum absolute atomic E-state index is 11.7. The largest absolute Gasteiger partial charge is 0.480 e. The molecule has 0 aromatic carbocycles.